The number of nitrogens with one attached hydrogen (secondary N) is 1. The van der Waals surface area contributed by atoms with Crippen LogP contribution in [0.25, 0.3) is 0 Å². The van der Waals surface area contributed by atoms with Gasteiger partial charge < -0.3 is 10.2 Å². The van der Waals surface area contributed by atoms with E-state index in [2.05, 4.69) is 17.9 Å². The molecule has 0 aliphatic heterocycles. The summed E-state index contributed by atoms with van der Waals surface area (Å²) in [5.74, 6) is 0.315. The van der Waals surface area contributed by atoms with Crippen molar-refractivity contribution in [2.75, 3.05) is 19.0 Å². The Morgan fingerprint density at radius 1 is 1.62 bits per heavy atom. The Morgan fingerprint density at radius 3 is 2.62 bits per heavy atom. The zero-order chi connectivity index (χ0) is 10.3. The summed E-state index contributed by atoms with van der Waals surface area (Å²) < 4.78 is 0. The molecule has 5 heteroatoms. The molecular formula is C8H15N2O2S. The molecule has 0 fully saturated rings. The predicted octanol–water partition coefficient (Wildman–Crippen LogP) is 0.0151. The number of hydrogen-bond donors (Lipinski definition) is 2. The maximum absolute atomic E-state index is 10.8. The van der Waals surface area contributed by atoms with Gasteiger partial charge in [-0.05, 0) is 5.92 Å². The van der Waals surface area contributed by atoms with Crippen molar-refractivity contribution >= 4 is 24.9 Å². The quantitative estimate of drug-likeness (QED) is 0.363. The highest BCUT2D eigenvalue weighted by Gasteiger charge is 2.06. The van der Waals surface area contributed by atoms with Crippen LogP contribution < -0.4 is 5.32 Å². The minimum absolute atomic E-state index is 0.133. The van der Waals surface area contributed by atoms with E-state index in [1.807, 2.05) is 13.8 Å². The molecule has 0 aromatic rings. The highest BCUT2D eigenvalue weighted by Crippen LogP contribution is 1.94. The first-order chi connectivity index (χ1) is 6.10. The van der Waals surface area contributed by atoms with Crippen LogP contribution in [0.15, 0.2) is 0 Å². The van der Waals surface area contributed by atoms with Crippen LogP contribution >= 0.6 is 12.6 Å². The third-order valence-electron chi connectivity index (χ3n) is 1.33. The van der Waals surface area contributed by atoms with E-state index in [4.69, 9.17) is 0 Å². The van der Waals surface area contributed by atoms with E-state index >= 15 is 0 Å². The molecule has 0 heterocycles. The number of carbonyl (C=O) groups excluding carboxylic acids is 2. The van der Waals surface area contributed by atoms with Gasteiger partial charge in [0.15, 0.2) is 0 Å². The first kappa shape index (κ1) is 12.3. The fourth-order valence-corrected chi connectivity index (χ4v) is 0.926. The topological polar surface area (TPSA) is 49.4 Å². The number of carbonyl (C=O) groups is 1. The summed E-state index contributed by atoms with van der Waals surface area (Å²) >= 11 is 3.79. The Hall–Kier alpha value is -0.710. The number of hydrogen-bond acceptors (Lipinski definition) is 3. The second-order valence-corrected chi connectivity index (χ2v) is 3.44. The zero-order valence-corrected chi connectivity index (χ0v) is 8.80. The highest BCUT2D eigenvalue weighted by atomic mass is 32.1. The molecule has 2 amide bonds. The van der Waals surface area contributed by atoms with Gasteiger partial charge in [0, 0.05) is 6.54 Å². The lowest BCUT2D eigenvalue weighted by molar-refractivity contribution is -0.118. The van der Waals surface area contributed by atoms with Crippen LogP contribution in [0.1, 0.15) is 13.8 Å². The second-order valence-electron chi connectivity index (χ2n) is 3.12. The Labute approximate surface area is 84.1 Å². The van der Waals surface area contributed by atoms with Gasteiger partial charge in [0.2, 0.25) is 5.91 Å². The average molecular weight is 203 g/mol. The molecule has 0 aliphatic carbocycles. The minimum Gasteiger partial charge on any atom is -0.338 e. The van der Waals surface area contributed by atoms with Crippen LogP contribution in [0.5, 0.6) is 0 Å². The molecule has 0 saturated heterocycles. The van der Waals surface area contributed by atoms with Gasteiger partial charge in [-0.15, -0.1) is 0 Å². The molecule has 0 unspecified atom stereocenters. The third kappa shape index (κ3) is 6.45. The number of amides is 2. The first-order valence-electron chi connectivity index (χ1n) is 4.10. The summed E-state index contributed by atoms with van der Waals surface area (Å²) in [7, 11) is 0. The van der Waals surface area contributed by atoms with Crippen LogP contribution in [0.4, 0.5) is 0 Å². The first-order valence-corrected chi connectivity index (χ1v) is 4.73. The number of nitrogens with zero attached hydrogens (tertiary/aromatic N) is 1. The Balaban J connectivity index is 3.71. The minimum atomic E-state index is -0.188. The molecule has 0 spiro atoms. The molecule has 0 saturated carbocycles. The smallest absolute Gasteiger partial charge is 0.313 e. The Morgan fingerprint density at radius 2 is 2.23 bits per heavy atom. The molecule has 0 aromatic heterocycles. The van der Waals surface area contributed by atoms with Crippen molar-refractivity contribution < 1.29 is 9.59 Å². The molecule has 4 nitrogen and oxygen atoms in total. The maximum Gasteiger partial charge on any atom is 0.313 e. The average Bonchev–Trinajstić information content (AvgIpc) is 2.10. The summed E-state index contributed by atoms with van der Waals surface area (Å²) in [5, 5.41) is 2.54. The fourth-order valence-electron chi connectivity index (χ4n) is 0.814. The largest absolute Gasteiger partial charge is 0.338 e. The molecule has 0 bridgehead atoms. The number of rotatable bonds is 6. The Kier molecular flexibility index (Phi) is 6.40. The summed E-state index contributed by atoms with van der Waals surface area (Å²) in [5.41, 5.74) is 0. The highest BCUT2D eigenvalue weighted by molar-refractivity contribution is 7.81. The van der Waals surface area contributed by atoms with Crippen LogP contribution in [-0.2, 0) is 9.59 Å². The van der Waals surface area contributed by atoms with E-state index in [9.17, 15) is 9.59 Å². The van der Waals surface area contributed by atoms with Crippen LogP contribution in [0.2, 0.25) is 0 Å². The molecule has 0 atom stereocenters. The third-order valence-corrected chi connectivity index (χ3v) is 1.61. The Bertz CT molecular complexity index is 174. The standard InChI is InChI=1S/C8H15N2O2S/c1-7(2)3-10(6-11)5-9-8(12)4-13/h7,13H,3-5H2,1-2H3,(H,9,12). The van der Waals surface area contributed by atoms with Crippen molar-refractivity contribution in [1.29, 1.82) is 0 Å². The van der Waals surface area contributed by atoms with E-state index < -0.39 is 0 Å². The summed E-state index contributed by atoms with van der Waals surface area (Å²) in [6.45, 7) is 4.78. The van der Waals surface area contributed by atoms with Gasteiger partial charge in [-0.1, -0.05) is 13.8 Å². The van der Waals surface area contributed by atoms with Crippen LogP contribution in [0.3, 0.4) is 0 Å². The molecule has 0 aliphatic rings. The summed E-state index contributed by atoms with van der Waals surface area (Å²) in [6.07, 6.45) is 1.76. The second kappa shape index (κ2) is 6.77. The van der Waals surface area contributed by atoms with Gasteiger partial charge in [0.05, 0.1) is 12.4 Å². The normalized spacial score (nSPS) is 9.85. The van der Waals surface area contributed by atoms with Gasteiger partial charge in [0.1, 0.15) is 0 Å². The molecular weight excluding hydrogens is 188 g/mol. The number of thiol groups is 1. The monoisotopic (exact) mass is 203 g/mol. The van der Waals surface area contributed by atoms with Gasteiger partial charge >= 0.3 is 6.41 Å². The lowest BCUT2D eigenvalue weighted by Gasteiger charge is -2.18. The molecule has 0 aromatic carbocycles. The van der Waals surface area contributed by atoms with Crippen molar-refractivity contribution in [3.05, 3.63) is 0 Å². The molecule has 0 rings (SSSR count). The summed E-state index contributed by atoms with van der Waals surface area (Å²) in [4.78, 5) is 22.5. The van der Waals surface area contributed by atoms with Crippen molar-refractivity contribution in [2.45, 2.75) is 13.8 Å². The van der Waals surface area contributed by atoms with E-state index in [-0.39, 0.29) is 18.3 Å². The molecule has 1 N–H and O–H groups in total. The molecule has 1 radical (unpaired) electrons. The van der Waals surface area contributed by atoms with Crippen molar-refractivity contribution in [3.8, 4) is 0 Å². The van der Waals surface area contributed by atoms with E-state index in [1.54, 1.807) is 6.41 Å². The van der Waals surface area contributed by atoms with Gasteiger partial charge in [0.25, 0.3) is 0 Å². The van der Waals surface area contributed by atoms with Gasteiger partial charge in [-0.2, -0.15) is 12.6 Å². The van der Waals surface area contributed by atoms with Gasteiger partial charge in [-0.3, -0.25) is 9.59 Å². The lowest BCUT2D eigenvalue weighted by Crippen LogP contribution is -2.39. The van der Waals surface area contributed by atoms with E-state index in [0.717, 1.165) is 0 Å². The SMILES string of the molecule is CC(C)CN([C]=O)CNC(=O)CS. The van der Waals surface area contributed by atoms with Crippen LogP contribution in [-0.4, -0.2) is 36.2 Å². The maximum atomic E-state index is 10.8. The molecule has 75 valence electrons. The zero-order valence-electron chi connectivity index (χ0n) is 7.91. The van der Waals surface area contributed by atoms with Crippen molar-refractivity contribution in [1.82, 2.24) is 10.2 Å². The van der Waals surface area contributed by atoms with Crippen LogP contribution in [0, 0.1) is 5.92 Å². The van der Waals surface area contributed by atoms with E-state index in [0.29, 0.717) is 12.5 Å². The predicted molar refractivity (Wildman–Crippen MR) is 54.1 cm³/mol. The summed E-state index contributed by atoms with van der Waals surface area (Å²) in [6, 6.07) is 0. The lowest BCUT2D eigenvalue weighted by atomic mass is 10.2. The van der Waals surface area contributed by atoms with Gasteiger partial charge in [-0.25, -0.2) is 0 Å². The fraction of sp³-hybridized carbons (Fsp3) is 0.750. The molecule has 13 heavy (non-hydrogen) atoms. The van der Waals surface area contributed by atoms with E-state index in [1.165, 1.54) is 4.90 Å². The van der Waals surface area contributed by atoms with Crippen molar-refractivity contribution in [3.63, 3.8) is 0 Å². The van der Waals surface area contributed by atoms with Crippen molar-refractivity contribution in [2.24, 2.45) is 5.92 Å².